The molecule has 2 aliphatic carbocycles. The maximum atomic E-state index is 13.3. The van der Waals surface area contributed by atoms with E-state index in [0.717, 1.165) is 16.5 Å². The molecule has 1 aliphatic heterocycles. The normalized spacial score (nSPS) is 25.8. The molecular formula is C26H37N3O5S. The summed E-state index contributed by atoms with van der Waals surface area (Å²) in [6.07, 6.45) is 8.48. The third kappa shape index (κ3) is 5.28. The van der Waals surface area contributed by atoms with Crippen molar-refractivity contribution >= 4 is 26.8 Å². The predicted molar refractivity (Wildman–Crippen MR) is 133 cm³/mol. The van der Waals surface area contributed by atoms with Gasteiger partial charge in [-0.05, 0) is 81.0 Å². The van der Waals surface area contributed by atoms with Crippen LogP contribution in [0.2, 0.25) is 0 Å². The second kappa shape index (κ2) is 10.2. The van der Waals surface area contributed by atoms with Crippen LogP contribution in [-0.4, -0.2) is 67.3 Å². The Morgan fingerprint density at radius 1 is 1.17 bits per heavy atom. The van der Waals surface area contributed by atoms with Crippen LogP contribution in [0.25, 0.3) is 10.9 Å². The third-order valence-electron chi connectivity index (χ3n) is 7.97. The van der Waals surface area contributed by atoms with Gasteiger partial charge < -0.3 is 19.3 Å². The summed E-state index contributed by atoms with van der Waals surface area (Å²) in [6.45, 7) is 2.04. The second-order valence-electron chi connectivity index (χ2n) is 10.5. The summed E-state index contributed by atoms with van der Waals surface area (Å²) in [7, 11) is -1.72. The van der Waals surface area contributed by atoms with Crippen LogP contribution in [0.3, 0.4) is 0 Å². The van der Waals surface area contributed by atoms with Crippen LogP contribution < -0.4 is 4.72 Å². The number of rotatable bonds is 8. The number of aromatic nitrogens is 1. The van der Waals surface area contributed by atoms with Crippen molar-refractivity contribution in [2.45, 2.75) is 68.3 Å². The van der Waals surface area contributed by atoms with Gasteiger partial charge in [-0.2, -0.15) is 0 Å². The molecule has 2 N–H and O–H groups in total. The van der Waals surface area contributed by atoms with Gasteiger partial charge in [0.15, 0.2) is 0 Å². The fourth-order valence-electron chi connectivity index (χ4n) is 5.84. The highest BCUT2D eigenvalue weighted by Gasteiger charge is 2.41. The first kappa shape index (κ1) is 24.7. The average molecular weight is 504 g/mol. The van der Waals surface area contributed by atoms with E-state index in [-0.39, 0.29) is 35.4 Å². The van der Waals surface area contributed by atoms with Gasteiger partial charge in [0.05, 0.1) is 24.2 Å². The Bertz CT molecular complexity index is 1170. The smallest absolute Gasteiger partial charge is 0.240 e. The number of ether oxygens (including phenoxy) is 1. The number of carbonyl (C=O) groups is 1. The highest BCUT2D eigenvalue weighted by Crippen LogP contribution is 2.38. The van der Waals surface area contributed by atoms with E-state index >= 15 is 0 Å². The number of nitrogens with zero attached hydrogens (tertiary/aromatic N) is 2. The summed E-state index contributed by atoms with van der Waals surface area (Å²) < 4.78 is 37.0. The lowest BCUT2D eigenvalue weighted by atomic mass is 9.85. The zero-order valence-electron chi connectivity index (χ0n) is 20.5. The van der Waals surface area contributed by atoms with Crippen molar-refractivity contribution in [2.24, 2.45) is 18.9 Å². The molecule has 0 unspecified atom stereocenters. The van der Waals surface area contributed by atoms with Crippen LogP contribution in [0, 0.1) is 11.8 Å². The standard InChI is InChI=1S/C26H37N3O5S/c1-28-16-20(3-2-13-30)23-15-22(10-11-24(23)28)35(32,33)27-21-8-6-19(7-9-21)26(31)29-12-14-34-17-25(29)18-4-5-18/h10-11,15-16,18-19,21,25,27,30H,2-9,12-14,17H2,1H3/t19?,21?,25-/m1/s1. The monoisotopic (exact) mass is 503 g/mol. The highest BCUT2D eigenvalue weighted by atomic mass is 32.2. The van der Waals surface area contributed by atoms with Gasteiger partial charge >= 0.3 is 0 Å². The molecule has 1 atom stereocenters. The molecule has 2 heterocycles. The van der Waals surface area contributed by atoms with Crippen molar-refractivity contribution in [1.82, 2.24) is 14.2 Å². The lowest BCUT2D eigenvalue weighted by Gasteiger charge is -2.39. The fraction of sp³-hybridized carbons (Fsp3) is 0.654. The Labute approximate surface area is 207 Å². The maximum absolute atomic E-state index is 13.3. The molecule has 0 bridgehead atoms. The SMILES string of the molecule is Cn1cc(CCCO)c2cc(S(=O)(=O)NC3CCC(C(=O)N4CCOC[C@@H]4C4CC4)CC3)ccc21. The number of aliphatic hydroxyl groups excluding tert-OH is 1. The molecule has 1 aromatic carbocycles. The second-order valence-corrected chi connectivity index (χ2v) is 12.2. The van der Waals surface area contributed by atoms with Crippen LogP contribution in [0.4, 0.5) is 0 Å². The number of aliphatic hydroxyl groups is 1. The minimum Gasteiger partial charge on any atom is -0.396 e. The largest absolute Gasteiger partial charge is 0.396 e. The third-order valence-corrected chi connectivity index (χ3v) is 9.49. The van der Waals surface area contributed by atoms with Crippen molar-refractivity contribution < 1.29 is 23.1 Å². The van der Waals surface area contributed by atoms with Crippen LogP contribution in [0.5, 0.6) is 0 Å². The number of benzene rings is 1. The minimum atomic E-state index is -3.67. The molecule has 3 aliphatic rings. The van der Waals surface area contributed by atoms with Gasteiger partial charge in [-0.15, -0.1) is 0 Å². The van der Waals surface area contributed by atoms with Gasteiger partial charge in [0.1, 0.15) is 0 Å². The van der Waals surface area contributed by atoms with Gasteiger partial charge in [0.25, 0.3) is 0 Å². The number of sulfonamides is 1. The molecule has 0 radical (unpaired) electrons. The molecular weight excluding hydrogens is 466 g/mol. The number of carbonyl (C=O) groups excluding carboxylic acids is 1. The van der Waals surface area contributed by atoms with Crippen LogP contribution in [0.1, 0.15) is 50.5 Å². The lowest BCUT2D eigenvalue weighted by Crippen LogP contribution is -2.52. The number of fused-ring (bicyclic) bond motifs is 1. The number of amides is 1. The molecule has 1 saturated heterocycles. The van der Waals surface area contributed by atoms with Crippen molar-refractivity contribution in [3.8, 4) is 0 Å². The molecule has 9 heteroatoms. The lowest BCUT2D eigenvalue weighted by molar-refractivity contribution is -0.146. The Morgan fingerprint density at radius 3 is 2.66 bits per heavy atom. The Morgan fingerprint density at radius 2 is 1.94 bits per heavy atom. The van der Waals surface area contributed by atoms with Crippen LogP contribution in [-0.2, 0) is 33.0 Å². The van der Waals surface area contributed by atoms with E-state index in [2.05, 4.69) is 9.62 Å². The van der Waals surface area contributed by atoms with Crippen LogP contribution >= 0.6 is 0 Å². The molecule has 2 saturated carbocycles. The summed E-state index contributed by atoms with van der Waals surface area (Å²) in [6, 6.07) is 5.32. The fourth-order valence-corrected chi connectivity index (χ4v) is 7.17. The maximum Gasteiger partial charge on any atom is 0.240 e. The van der Waals surface area contributed by atoms with Gasteiger partial charge in [-0.1, -0.05) is 0 Å². The first-order valence-electron chi connectivity index (χ1n) is 13.0. The Hall–Kier alpha value is -1.94. The molecule has 35 heavy (non-hydrogen) atoms. The summed E-state index contributed by atoms with van der Waals surface area (Å²) in [5, 5.41) is 10.1. The van der Waals surface area contributed by atoms with E-state index < -0.39 is 10.0 Å². The topological polar surface area (TPSA) is 101 Å². The number of hydrogen-bond acceptors (Lipinski definition) is 5. The van der Waals surface area contributed by atoms with E-state index in [1.54, 1.807) is 12.1 Å². The predicted octanol–water partition coefficient (Wildman–Crippen LogP) is 2.58. The van der Waals surface area contributed by atoms with Gasteiger partial charge in [-0.25, -0.2) is 13.1 Å². The molecule has 8 nitrogen and oxygen atoms in total. The van der Waals surface area contributed by atoms with Crippen molar-refractivity contribution in [3.63, 3.8) is 0 Å². The van der Waals surface area contributed by atoms with Crippen molar-refractivity contribution in [3.05, 3.63) is 30.0 Å². The van der Waals surface area contributed by atoms with Crippen LogP contribution in [0.15, 0.2) is 29.3 Å². The highest BCUT2D eigenvalue weighted by molar-refractivity contribution is 7.89. The average Bonchev–Trinajstić information content (AvgIpc) is 3.66. The summed E-state index contributed by atoms with van der Waals surface area (Å²) in [5.74, 6) is 0.801. The first-order chi connectivity index (χ1) is 16.9. The number of nitrogens with one attached hydrogen (secondary N) is 1. The molecule has 0 spiro atoms. The van der Waals surface area contributed by atoms with Gasteiger partial charge in [0, 0.05) is 49.3 Å². The quantitative estimate of drug-likeness (QED) is 0.577. The van der Waals surface area contributed by atoms with E-state index in [4.69, 9.17) is 4.74 Å². The minimum absolute atomic E-state index is 0.0233. The van der Waals surface area contributed by atoms with E-state index in [9.17, 15) is 18.3 Å². The number of aryl methyl sites for hydroxylation is 2. The van der Waals surface area contributed by atoms with Crippen molar-refractivity contribution in [1.29, 1.82) is 0 Å². The Balaban J connectivity index is 1.22. The summed E-state index contributed by atoms with van der Waals surface area (Å²) >= 11 is 0. The molecule has 1 amide bonds. The first-order valence-corrected chi connectivity index (χ1v) is 14.4. The van der Waals surface area contributed by atoms with Crippen molar-refractivity contribution in [2.75, 3.05) is 26.4 Å². The van der Waals surface area contributed by atoms with Gasteiger partial charge in [-0.3, -0.25) is 4.79 Å². The Kier molecular flexibility index (Phi) is 7.21. The summed E-state index contributed by atoms with van der Waals surface area (Å²) in [4.78, 5) is 15.6. The van der Waals surface area contributed by atoms with E-state index in [0.29, 0.717) is 64.2 Å². The number of morpholine rings is 1. The molecule has 5 rings (SSSR count). The van der Waals surface area contributed by atoms with E-state index in [1.165, 1.54) is 12.8 Å². The van der Waals surface area contributed by atoms with E-state index in [1.807, 2.05) is 23.9 Å². The van der Waals surface area contributed by atoms with Gasteiger partial charge in [0.2, 0.25) is 15.9 Å². The number of hydrogen-bond donors (Lipinski definition) is 2. The molecule has 2 aromatic rings. The zero-order valence-corrected chi connectivity index (χ0v) is 21.3. The molecule has 192 valence electrons. The zero-order chi connectivity index (χ0) is 24.6. The molecule has 3 fully saturated rings. The molecule has 1 aromatic heterocycles. The summed E-state index contributed by atoms with van der Waals surface area (Å²) in [5.41, 5.74) is 2.02.